The Kier molecular flexibility index (Phi) is 7.23. The number of hydrogen-bond acceptors (Lipinski definition) is 3. The summed E-state index contributed by atoms with van der Waals surface area (Å²) in [4.78, 5) is 28.3. The highest BCUT2D eigenvalue weighted by atomic mass is 19.2. The number of aryl methyl sites for hydroxylation is 1. The van der Waals surface area contributed by atoms with Crippen LogP contribution in [0.15, 0.2) is 23.8 Å². The molecule has 5 nitrogen and oxygen atoms in total. The fraction of sp³-hybridized carbons (Fsp3) is 0.600. The maximum Gasteiger partial charge on any atom is 0.242 e. The van der Waals surface area contributed by atoms with Crippen LogP contribution >= 0.6 is 0 Å². The van der Waals surface area contributed by atoms with Crippen molar-refractivity contribution in [1.82, 2.24) is 15.1 Å². The van der Waals surface area contributed by atoms with Crippen LogP contribution in [0, 0.1) is 30.4 Å². The van der Waals surface area contributed by atoms with Crippen LogP contribution < -0.4 is 5.32 Å². The lowest BCUT2D eigenvalue weighted by molar-refractivity contribution is -0.134. The SMILES string of the molecule is Cc1cc(F)c(F)c(CN2CCN(C(=O)CNC(=O)CCCC3CC4CC=C3C4)CC2)c1. The number of fused-ring (bicyclic) bond motifs is 2. The Labute approximate surface area is 188 Å². The molecule has 7 heteroatoms. The van der Waals surface area contributed by atoms with Crippen molar-refractivity contribution in [1.29, 1.82) is 0 Å². The van der Waals surface area contributed by atoms with Crippen LogP contribution in [0.25, 0.3) is 0 Å². The van der Waals surface area contributed by atoms with Gasteiger partial charge in [-0.2, -0.15) is 0 Å². The molecular formula is C25H33F2N3O2. The van der Waals surface area contributed by atoms with E-state index in [9.17, 15) is 18.4 Å². The summed E-state index contributed by atoms with van der Waals surface area (Å²) in [6.07, 6.45) is 8.56. The summed E-state index contributed by atoms with van der Waals surface area (Å²) >= 11 is 0. The molecule has 1 saturated carbocycles. The highest BCUT2D eigenvalue weighted by molar-refractivity contribution is 5.84. The summed E-state index contributed by atoms with van der Waals surface area (Å²) in [5.74, 6) is -0.260. The van der Waals surface area contributed by atoms with Crippen LogP contribution in [-0.2, 0) is 16.1 Å². The lowest BCUT2D eigenvalue weighted by Gasteiger charge is -2.35. The van der Waals surface area contributed by atoms with Gasteiger partial charge in [0.15, 0.2) is 11.6 Å². The maximum absolute atomic E-state index is 14.0. The number of carbonyl (C=O) groups excluding carboxylic acids is 2. The topological polar surface area (TPSA) is 52.6 Å². The zero-order valence-corrected chi connectivity index (χ0v) is 18.8. The van der Waals surface area contributed by atoms with Gasteiger partial charge >= 0.3 is 0 Å². The Balaban J connectivity index is 1.13. The minimum Gasteiger partial charge on any atom is -0.347 e. The minimum absolute atomic E-state index is 0.0210. The van der Waals surface area contributed by atoms with E-state index in [0.717, 1.165) is 18.8 Å². The van der Waals surface area contributed by atoms with Gasteiger partial charge in [-0.15, -0.1) is 0 Å². The molecule has 2 fully saturated rings. The molecule has 1 aromatic carbocycles. The molecule has 1 N–H and O–H groups in total. The van der Waals surface area contributed by atoms with Crippen LogP contribution in [0.5, 0.6) is 0 Å². The number of nitrogens with one attached hydrogen (secondary N) is 1. The van der Waals surface area contributed by atoms with E-state index in [1.54, 1.807) is 23.5 Å². The molecule has 1 saturated heterocycles. The van der Waals surface area contributed by atoms with Crippen LogP contribution in [0.4, 0.5) is 8.78 Å². The zero-order valence-electron chi connectivity index (χ0n) is 18.8. The molecule has 2 unspecified atom stereocenters. The number of benzene rings is 1. The van der Waals surface area contributed by atoms with Crippen molar-refractivity contribution in [2.24, 2.45) is 11.8 Å². The highest BCUT2D eigenvalue weighted by Crippen LogP contribution is 2.45. The molecule has 1 heterocycles. The molecule has 1 aromatic rings. The third-order valence-electron chi connectivity index (χ3n) is 7.14. The minimum atomic E-state index is -0.822. The fourth-order valence-electron chi connectivity index (χ4n) is 5.38. The molecule has 4 rings (SSSR count). The van der Waals surface area contributed by atoms with Gasteiger partial charge in [-0.3, -0.25) is 14.5 Å². The number of halogens is 2. The molecule has 174 valence electrons. The van der Waals surface area contributed by atoms with Crippen molar-refractivity contribution >= 4 is 11.8 Å². The third-order valence-corrected chi connectivity index (χ3v) is 7.14. The first-order valence-corrected chi connectivity index (χ1v) is 11.8. The van der Waals surface area contributed by atoms with Crippen molar-refractivity contribution in [3.05, 3.63) is 46.5 Å². The van der Waals surface area contributed by atoms with Gasteiger partial charge in [0.25, 0.3) is 0 Å². The Hall–Kier alpha value is -2.28. The second kappa shape index (κ2) is 10.1. The van der Waals surface area contributed by atoms with Gasteiger partial charge in [0.05, 0.1) is 6.54 Å². The van der Waals surface area contributed by atoms with E-state index in [4.69, 9.17) is 0 Å². The molecule has 2 bridgehead atoms. The fourth-order valence-corrected chi connectivity index (χ4v) is 5.38. The van der Waals surface area contributed by atoms with Crippen LogP contribution in [-0.4, -0.2) is 54.3 Å². The van der Waals surface area contributed by atoms with Gasteiger partial charge in [0.2, 0.25) is 11.8 Å². The summed E-state index contributed by atoms with van der Waals surface area (Å²) < 4.78 is 27.6. The van der Waals surface area contributed by atoms with Crippen LogP contribution in [0.3, 0.4) is 0 Å². The van der Waals surface area contributed by atoms with E-state index in [0.29, 0.717) is 56.2 Å². The van der Waals surface area contributed by atoms with Gasteiger partial charge < -0.3 is 10.2 Å². The monoisotopic (exact) mass is 445 g/mol. The molecule has 3 aliphatic rings. The number of rotatable bonds is 8. The molecule has 0 spiro atoms. The first-order valence-electron chi connectivity index (χ1n) is 11.8. The second-order valence-electron chi connectivity index (χ2n) is 9.56. The quantitative estimate of drug-likeness (QED) is 0.623. The summed E-state index contributed by atoms with van der Waals surface area (Å²) in [7, 11) is 0. The van der Waals surface area contributed by atoms with Crippen LogP contribution in [0.2, 0.25) is 0 Å². The molecule has 0 radical (unpaired) electrons. The molecule has 2 aliphatic carbocycles. The Morgan fingerprint density at radius 1 is 1.16 bits per heavy atom. The third kappa shape index (κ3) is 5.55. The molecule has 2 atom stereocenters. The van der Waals surface area contributed by atoms with Crippen molar-refractivity contribution < 1.29 is 18.4 Å². The van der Waals surface area contributed by atoms with Gasteiger partial charge in [-0.1, -0.05) is 17.7 Å². The first-order chi connectivity index (χ1) is 15.4. The van der Waals surface area contributed by atoms with Gasteiger partial charge in [-0.25, -0.2) is 8.78 Å². The standard InChI is InChI=1S/C25H33F2N3O2/c1-17-11-21(25(27)22(26)12-17)16-29-7-9-30(10-8-29)24(32)15-28-23(31)4-2-3-19-13-18-5-6-20(19)14-18/h6,11-12,18-19H,2-5,7-10,13-16H2,1H3,(H,28,31). The molecule has 0 aromatic heterocycles. The van der Waals surface area contributed by atoms with Gasteiger partial charge in [0.1, 0.15) is 0 Å². The predicted octanol–water partition coefficient (Wildman–Crippen LogP) is 3.56. The summed E-state index contributed by atoms with van der Waals surface area (Å²) in [5.41, 5.74) is 2.63. The Morgan fingerprint density at radius 2 is 1.94 bits per heavy atom. The predicted molar refractivity (Wildman–Crippen MR) is 119 cm³/mol. The maximum atomic E-state index is 14.0. The van der Waals surface area contributed by atoms with Crippen molar-refractivity contribution in [3.8, 4) is 0 Å². The molecule has 2 amide bonds. The largest absolute Gasteiger partial charge is 0.347 e. The van der Waals surface area contributed by atoms with Crippen molar-refractivity contribution in [3.63, 3.8) is 0 Å². The Bertz CT molecular complexity index is 893. The molecule has 32 heavy (non-hydrogen) atoms. The molecule has 1 aliphatic heterocycles. The lowest BCUT2D eigenvalue weighted by Crippen LogP contribution is -2.50. The van der Waals surface area contributed by atoms with Gasteiger partial charge in [-0.05, 0) is 62.5 Å². The second-order valence-corrected chi connectivity index (χ2v) is 9.56. The van der Waals surface area contributed by atoms with Crippen molar-refractivity contribution in [2.45, 2.75) is 52.0 Å². The normalized spacial score (nSPS) is 22.8. The average Bonchev–Trinajstić information content (AvgIpc) is 3.39. The van der Waals surface area contributed by atoms with E-state index in [-0.39, 0.29) is 18.4 Å². The van der Waals surface area contributed by atoms with Crippen molar-refractivity contribution in [2.75, 3.05) is 32.7 Å². The number of carbonyl (C=O) groups is 2. The van der Waals surface area contributed by atoms with E-state index >= 15 is 0 Å². The van der Waals surface area contributed by atoms with Gasteiger partial charge in [0, 0.05) is 44.7 Å². The molecular weight excluding hydrogens is 412 g/mol. The van der Waals surface area contributed by atoms with E-state index in [1.165, 1.54) is 25.3 Å². The number of nitrogens with zero attached hydrogens (tertiary/aromatic N) is 2. The van der Waals surface area contributed by atoms with E-state index in [1.807, 2.05) is 4.90 Å². The highest BCUT2D eigenvalue weighted by Gasteiger charge is 2.32. The average molecular weight is 446 g/mol. The summed E-state index contributed by atoms with van der Waals surface area (Å²) in [6.45, 7) is 4.30. The van der Waals surface area contributed by atoms with E-state index < -0.39 is 11.6 Å². The lowest BCUT2D eigenvalue weighted by atomic mass is 9.91. The zero-order chi connectivity index (χ0) is 22.7. The summed E-state index contributed by atoms with van der Waals surface area (Å²) in [5, 5.41) is 2.76. The van der Waals surface area contributed by atoms with E-state index in [2.05, 4.69) is 11.4 Å². The number of piperazine rings is 1. The number of hydrogen-bond donors (Lipinski definition) is 1. The smallest absolute Gasteiger partial charge is 0.242 e. The summed E-state index contributed by atoms with van der Waals surface area (Å²) in [6, 6.07) is 2.86. The van der Waals surface area contributed by atoms with Crippen LogP contribution in [0.1, 0.15) is 49.7 Å². The number of amides is 2. The number of allylic oxidation sites excluding steroid dienone is 2. The Morgan fingerprint density at radius 3 is 2.62 bits per heavy atom. The first kappa shape index (κ1) is 22.9.